The Balaban J connectivity index is 0.00000323. The predicted molar refractivity (Wildman–Crippen MR) is 157 cm³/mol. The highest BCUT2D eigenvalue weighted by molar-refractivity contribution is 7.90. The number of carbonyl (C=O) groups excluding carboxylic acids is 2. The van der Waals surface area contributed by atoms with Crippen LogP contribution in [0.25, 0.3) is 0 Å². The summed E-state index contributed by atoms with van der Waals surface area (Å²) in [7, 11) is -3.24. The number of benzene rings is 2. The molecule has 0 bridgehead atoms. The van der Waals surface area contributed by atoms with Crippen LogP contribution in [0.4, 0.5) is 0 Å². The molecule has 1 unspecified atom stereocenters. The molecule has 1 spiro atoms. The van der Waals surface area contributed by atoms with Crippen molar-refractivity contribution in [3.63, 3.8) is 0 Å². The molecule has 216 valence electrons. The molecule has 2 aromatic rings. The van der Waals surface area contributed by atoms with Crippen LogP contribution < -0.4 is 5.32 Å². The number of nitrogens with one attached hydrogen (secondary N) is 1. The summed E-state index contributed by atoms with van der Waals surface area (Å²) in [6, 6.07) is 17.4. The van der Waals surface area contributed by atoms with Gasteiger partial charge in [-0.2, -0.15) is 0 Å². The number of sulfone groups is 1. The number of Topliss-reactive ketones (excluding diaryl/α,β-unsaturated/α-hetero) is 1. The Morgan fingerprint density at radius 1 is 1.02 bits per heavy atom. The first-order valence-electron chi connectivity index (χ1n) is 14.3. The van der Waals surface area contributed by atoms with E-state index in [2.05, 4.69) is 40.5 Å². The molecular weight excluding hydrogens is 546 g/mol. The van der Waals surface area contributed by atoms with Crippen LogP contribution in [0.15, 0.2) is 59.5 Å². The van der Waals surface area contributed by atoms with E-state index in [-0.39, 0.29) is 41.6 Å². The zero-order valence-electron chi connectivity index (χ0n) is 23.1. The Morgan fingerprint density at radius 3 is 2.33 bits per heavy atom. The minimum Gasteiger partial charge on any atom is -0.338 e. The van der Waals surface area contributed by atoms with Crippen LogP contribution in [0.2, 0.25) is 0 Å². The van der Waals surface area contributed by atoms with E-state index in [0.717, 1.165) is 64.0 Å². The predicted octanol–water partition coefficient (Wildman–Crippen LogP) is 3.68. The smallest absolute Gasteiger partial charge is 0.223 e. The van der Waals surface area contributed by atoms with Crippen molar-refractivity contribution in [3.05, 3.63) is 65.7 Å². The number of nitrogens with zero attached hydrogens (tertiary/aromatic N) is 2. The van der Waals surface area contributed by atoms with Gasteiger partial charge in [0.1, 0.15) is 0 Å². The minimum absolute atomic E-state index is 0. The van der Waals surface area contributed by atoms with Gasteiger partial charge in [0.05, 0.1) is 10.9 Å². The van der Waals surface area contributed by atoms with Crippen LogP contribution in [0.5, 0.6) is 0 Å². The molecule has 1 N–H and O–H groups in total. The fraction of sp³-hybridized carbons (Fsp3) is 0.548. The van der Waals surface area contributed by atoms with Crippen molar-refractivity contribution >= 4 is 33.9 Å². The first-order chi connectivity index (χ1) is 18.7. The maximum Gasteiger partial charge on any atom is 0.223 e. The highest BCUT2D eigenvalue weighted by atomic mass is 35.5. The lowest BCUT2D eigenvalue weighted by atomic mass is 9.75. The summed E-state index contributed by atoms with van der Waals surface area (Å²) in [6.07, 6.45) is 5.66. The number of halogens is 1. The Morgan fingerprint density at radius 2 is 1.70 bits per heavy atom. The third kappa shape index (κ3) is 6.01. The van der Waals surface area contributed by atoms with Gasteiger partial charge in [-0.3, -0.25) is 14.5 Å². The normalized spacial score (nSPS) is 25.6. The quantitative estimate of drug-likeness (QED) is 0.509. The van der Waals surface area contributed by atoms with Crippen molar-refractivity contribution in [2.75, 3.05) is 39.0 Å². The molecule has 1 amide bonds. The van der Waals surface area contributed by atoms with E-state index in [4.69, 9.17) is 0 Å². The van der Waals surface area contributed by atoms with Gasteiger partial charge >= 0.3 is 0 Å². The largest absolute Gasteiger partial charge is 0.338 e. The van der Waals surface area contributed by atoms with E-state index in [1.807, 2.05) is 17.0 Å². The Kier molecular flexibility index (Phi) is 8.44. The summed E-state index contributed by atoms with van der Waals surface area (Å²) < 4.78 is 23.6. The number of hydrogen-bond acceptors (Lipinski definition) is 6. The van der Waals surface area contributed by atoms with Crippen LogP contribution in [-0.2, 0) is 26.0 Å². The second kappa shape index (κ2) is 11.6. The van der Waals surface area contributed by atoms with Gasteiger partial charge in [0.25, 0.3) is 0 Å². The molecule has 1 aliphatic carbocycles. The first-order valence-corrected chi connectivity index (χ1v) is 16.2. The average molecular weight is 586 g/mol. The van der Waals surface area contributed by atoms with E-state index in [1.54, 1.807) is 12.1 Å². The van der Waals surface area contributed by atoms with Crippen molar-refractivity contribution in [3.8, 4) is 0 Å². The van der Waals surface area contributed by atoms with E-state index in [9.17, 15) is 18.0 Å². The molecule has 0 aromatic heterocycles. The molecule has 3 saturated heterocycles. The topological polar surface area (TPSA) is 86.8 Å². The number of amides is 1. The second-order valence-corrected chi connectivity index (χ2v) is 14.4. The van der Waals surface area contributed by atoms with Crippen LogP contribution in [-0.4, -0.2) is 74.9 Å². The molecule has 4 aliphatic rings. The number of carbonyl (C=O) groups is 2. The SMILES string of the molecule is CS(=O)(=O)c1ccc(CN2CC3(CCN(C(C(=O)C4CC4)[C@@H]4CNC[C@@H]4c4ccccc4)CC3)CC2=O)cc1.Cl. The van der Waals surface area contributed by atoms with E-state index < -0.39 is 9.84 Å². The second-order valence-electron chi connectivity index (χ2n) is 12.3. The summed E-state index contributed by atoms with van der Waals surface area (Å²) in [6.45, 7) is 4.72. The highest BCUT2D eigenvalue weighted by Crippen LogP contribution is 2.45. The maximum atomic E-state index is 13.7. The number of rotatable bonds is 8. The molecule has 3 aliphatic heterocycles. The lowest BCUT2D eigenvalue weighted by Crippen LogP contribution is -2.53. The van der Waals surface area contributed by atoms with Gasteiger partial charge in [0.2, 0.25) is 5.91 Å². The summed E-state index contributed by atoms with van der Waals surface area (Å²) in [5.74, 6) is 1.44. The van der Waals surface area contributed by atoms with Gasteiger partial charge in [-0.25, -0.2) is 8.42 Å². The minimum atomic E-state index is -3.24. The first kappa shape index (κ1) is 29.2. The van der Waals surface area contributed by atoms with Gasteiger partial charge in [-0.05, 0) is 67.4 Å². The summed E-state index contributed by atoms with van der Waals surface area (Å²) in [4.78, 5) is 31.5. The molecule has 7 nitrogen and oxygen atoms in total. The van der Waals surface area contributed by atoms with E-state index in [1.165, 1.54) is 11.8 Å². The van der Waals surface area contributed by atoms with Gasteiger partial charge in [0, 0.05) is 56.6 Å². The Labute approximate surface area is 244 Å². The standard InChI is InChI=1S/C31H39N3O4S.ClH/c1-39(37,38)25-11-7-22(8-12-25)20-34-21-31(17-28(34)35)13-15-33(16-14-31)29(30(36)24-9-10-24)27-19-32-18-26(27)23-5-3-2-4-6-23;/h2-8,11-12,24,26-27,29,32H,9-10,13-21H2,1H3;1H/t26-,27-,29?;/m1./s1. The zero-order valence-corrected chi connectivity index (χ0v) is 24.8. The summed E-state index contributed by atoms with van der Waals surface area (Å²) in [5.41, 5.74) is 2.22. The number of hydrogen-bond donors (Lipinski definition) is 1. The molecule has 1 saturated carbocycles. The van der Waals surface area contributed by atoms with Gasteiger partial charge < -0.3 is 10.2 Å². The highest BCUT2D eigenvalue weighted by Gasteiger charge is 2.50. The lowest BCUT2D eigenvalue weighted by molar-refractivity contribution is -0.130. The van der Waals surface area contributed by atoms with Crippen molar-refractivity contribution in [1.29, 1.82) is 0 Å². The molecule has 9 heteroatoms. The third-order valence-corrected chi connectivity index (χ3v) is 10.7. The zero-order chi connectivity index (χ0) is 27.2. The van der Waals surface area contributed by atoms with Crippen molar-refractivity contribution in [1.82, 2.24) is 15.1 Å². The van der Waals surface area contributed by atoms with Gasteiger partial charge in [0.15, 0.2) is 15.6 Å². The summed E-state index contributed by atoms with van der Waals surface area (Å²) >= 11 is 0. The third-order valence-electron chi connectivity index (χ3n) is 9.55. The van der Waals surface area contributed by atoms with Crippen LogP contribution >= 0.6 is 12.4 Å². The van der Waals surface area contributed by atoms with Crippen LogP contribution in [0.1, 0.15) is 49.1 Å². The summed E-state index contributed by atoms with van der Waals surface area (Å²) in [5, 5.41) is 3.59. The average Bonchev–Trinajstić information content (AvgIpc) is 3.60. The number of ketones is 1. The van der Waals surface area contributed by atoms with Crippen LogP contribution in [0, 0.1) is 17.3 Å². The maximum absolute atomic E-state index is 13.7. The molecule has 40 heavy (non-hydrogen) atoms. The fourth-order valence-corrected chi connectivity index (χ4v) is 7.80. The monoisotopic (exact) mass is 585 g/mol. The van der Waals surface area contributed by atoms with Gasteiger partial charge in [-0.1, -0.05) is 42.5 Å². The molecule has 6 rings (SSSR count). The Bertz CT molecular complexity index is 1320. The Hall–Kier alpha value is -2.26. The van der Waals surface area contributed by atoms with Crippen molar-refractivity contribution in [2.24, 2.45) is 17.3 Å². The number of likely N-dealkylation sites (tertiary alicyclic amines) is 2. The molecule has 3 atom stereocenters. The van der Waals surface area contributed by atoms with Crippen LogP contribution in [0.3, 0.4) is 0 Å². The van der Waals surface area contributed by atoms with Crippen molar-refractivity contribution < 1.29 is 18.0 Å². The van der Waals surface area contributed by atoms with E-state index in [0.29, 0.717) is 29.6 Å². The molecular formula is C31H40ClN3O4S. The van der Waals surface area contributed by atoms with Crippen molar-refractivity contribution in [2.45, 2.75) is 55.5 Å². The molecule has 3 heterocycles. The lowest BCUT2D eigenvalue weighted by Gasteiger charge is -2.44. The molecule has 4 fully saturated rings. The molecule has 0 radical (unpaired) electrons. The number of piperidine rings is 1. The van der Waals surface area contributed by atoms with Gasteiger partial charge in [-0.15, -0.1) is 12.4 Å². The fourth-order valence-electron chi connectivity index (χ4n) is 7.17. The molecule has 2 aromatic carbocycles. The van der Waals surface area contributed by atoms with E-state index >= 15 is 0 Å².